The molecule has 0 heterocycles. The fourth-order valence-corrected chi connectivity index (χ4v) is 3.88. The maximum Gasteiger partial charge on any atom is 0.232 e. The van der Waals surface area contributed by atoms with E-state index in [9.17, 15) is 13.2 Å². The lowest BCUT2D eigenvalue weighted by Crippen LogP contribution is -2.32. The predicted octanol–water partition coefficient (Wildman–Crippen LogP) is 3.17. The third-order valence-electron chi connectivity index (χ3n) is 4.45. The summed E-state index contributed by atoms with van der Waals surface area (Å²) in [7, 11) is -1.82. The molecule has 1 amide bonds. The lowest BCUT2D eigenvalue weighted by atomic mass is 10.1. The van der Waals surface area contributed by atoms with E-state index in [-0.39, 0.29) is 18.9 Å². The van der Waals surface area contributed by atoms with Crippen molar-refractivity contribution in [3.05, 3.63) is 59.2 Å². The Morgan fingerprint density at radius 1 is 1.11 bits per heavy atom. The summed E-state index contributed by atoms with van der Waals surface area (Å²) in [6.07, 6.45) is 1.89. The van der Waals surface area contributed by atoms with Crippen LogP contribution < -0.4 is 14.4 Å². The summed E-state index contributed by atoms with van der Waals surface area (Å²) in [5.41, 5.74) is 3.52. The topological polar surface area (TPSA) is 75.7 Å². The zero-order valence-corrected chi connectivity index (χ0v) is 17.7. The smallest absolute Gasteiger partial charge is 0.232 e. The van der Waals surface area contributed by atoms with E-state index in [4.69, 9.17) is 4.74 Å². The second kappa shape index (κ2) is 9.59. The van der Waals surface area contributed by atoms with Gasteiger partial charge in [0.1, 0.15) is 5.75 Å². The van der Waals surface area contributed by atoms with Crippen molar-refractivity contribution in [2.75, 3.05) is 24.2 Å². The number of carbonyl (C=O) groups is 1. The van der Waals surface area contributed by atoms with Gasteiger partial charge in [-0.2, -0.15) is 0 Å². The van der Waals surface area contributed by atoms with Gasteiger partial charge >= 0.3 is 0 Å². The van der Waals surface area contributed by atoms with E-state index in [1.165, 1.54) is 10.6 Å². The Labute approximate surface area is 167 Å². The van der Waals surface area contributed by atoms with Crippen molar-refractivity contribution in [1.82, 2.24) is 5.32 Å². The number of benzene rings is 2. The van der Waals surface area contributed by atoms with Gasteiger partial charge in [0.25, 0.3) is 0 Å². The Bertz CT molecular complexity index is 909. The van der Waals surface area contributed by atoms with Gasteiger partial charge < -0.3 is 10.1 Å². The number of ether oxygens (including phenoxy) is 1. The summed E-state index contributed by atoms with van der Waals surface area (Å²) in [5, 5.41) is 2.86. The maximum atomic E-state index is 12.2. The molecule has 0 aromatic heterocycles. The molecule has 7 heteroatoms. The summed E-state index contributed by atoms with van der Waals surface area (Å²) in [5.74, 6) is 0.660. The van der Waals surface area contributed by atoms with Gasteiger partial charge in [-0.05, 0) is 55.2 Å². The van der Waals surface area contributed by atoms with Crippen LogP contribution >= 0.6 is 0 Å². The number of nitrogens with one attached hydrogen (secondary N) is 1. The molecule has 0 radical (unpaired) electrons. The Morgan fingerprint density at radius 3 is 2.39 bits per heavy atom. The van der Waals surface area contributed by atoms with Crippen molar-refractivity contribution in [1.29, 1.82) is 0 Å². The van der Waals surface area contributed by atoms with Crippen LogP contribution in [0.15, 0.2) is 42.5 Å². The second-order valence-electron chi connectivity index (χ2n) is 6.85. The molecule has 2 rings (SSSR count). The standard InChI is InChI=1S/C21H28N2O4S/c1-16-7-8-17(2)20(14-16)23(28(4,25)26)13-5-6-21(24)22-15-18-9-11-19(27-3)12-10-18/h7-12,14H,5-6,13,15H2,1-4H3,(H,22,24). The molecule has 2 aromatic carbocycles. The molecule has 152 valence electrons. The molecule has 0 fully saturated rings. The zero-order valence-electron chi connectivity index (χ0n) is 16.9. The first kappa shape index (κ1) is 21.8. The highest BCUT2D eigenvalue weighted by molar-refractivity contribution is 7.92. The Morgan fingerprint density at radius 2 is 1.79 bits per heavy atom. The minimum Gasteiger partial charge on any atom is -0.497 e. The van der Waals surface area contributed by atoms with Crippen molar-refractivity contribution in [2.24, 2.45) is 0 Å². The number of methoxy groups -OCH3 is 1. The highest BCUT2D eigenvalue weighted by atomic mass is 32.2. The first-order chi connectivity index (χ1) is 13.2. The molecular formula is C21H28N2O4S. The highest BCUT2D eigenvalue weighted by Gasteiger charge is 2.19. The molecule has 0 unspecified atom stereocenters. The van der Waals surface area contributed by atoms with Gasteiger partial charge in [0.05, 0.1) is 19.1 Å². The largest absolute Gasteiger partial charge is 0.497 e. The average molecular weight is 405 g/mol. The van der Waals surface area contributed by atoms with Gasteiger partial charge in [-0.1, -0.05) is 24.3 Å². The predicted molar refractivity (Wildman–Crippen MR) is 112 cm³/mol. The Kier molecular flexibility index (Phi) is 7.45. The number of hydrogen-bond acceptors (Lipinski definition) is 4. The Balaban J connectivity index is 1.91. The third-order valence-corrected chi connectivity index (χ3v) is 5.63. The summed E-state index contributed by atoms with van der Waals surface area (Å²) >= 11 is 0. The van der Waals surface area contributed by atoms with Crippen LogP contribution in [-0.4, -0.2) is 34.2 Å². The number of amides is 1. The number of anilines is 1. The van der Waals surface area contributed by atoms with E-state index in [1.54, 1.807) is 7.11 Å². The van der Waals surface area contributed by atoms with Gasteiger partial charge in [0.2, 0.25) is 15.9 Å². The molecule has 0 saturated heterocycles. The summed E-state index contributed by atoms with van der Waals surface area (Å²) in [6.45, 7) is 4.50. The van der Waals surface area contributed by atoms with Gasteiger partial charge in [0, 0.05) is 19.5 Å². The summed E-state index contributed by atoms with van der Waals surface area (Å²) in [4.78, 5) is 12.1. The van der Waals surface area contributed by atoms with Crippen LogP contribution in [0.1, 0.15) is 29.5 Å². The fourth-order valence-electron chi connectivity index (χ4n) is 2.87. The molecular weight excluding hydrogens is 376 g/mol. The molecule has 0 aliphatic heterocycles. The minimum absolute atomic E-state index is 0.106. The van der Waals surface area contributed by atoms with E-state index in [1.807, 2.05) is 56.3 Å². The lowest BCUT2D eigenvalue weighted by Gasteiger charge is -2.24. The van der Waals surface area contributed by atoms with E-state index >= 15 is 0 Å². The zero-order chi connectivity index (χ0) is 20.7. The minimum atomic E-state index is -3.43. The van der Waals surface area contributed by atoms with Crippen molar-refractivity contribution in [3.8, 4) is 5.75 Å². The van der Waals surface area contributed by atoms with E-state index < -0.39 is 10.0 Å². The number of nitrogens with zero attached hydrogens (tertiary/aromatic N) is 1. The number of sulfonamides is 1. The van der Waals surface area contributed by atoms with Crippen LogP contribution in [0, 0.1) is 13.8 Å². The van der Waals surface area contributed by atoms with Crippen LogP contribution in [0.3, 0.4) is 0 Å². The normalized spacial score (nSPS) is 11.1. The first-order valence-electron chi connectivity index (χ1n) is 9.15. The molecule has 0 aliphatic rings. The van der Waals surface area contributed by atoms with Crippen LogP contribution in [-0.2, 0) is 21.4 Å². The lowest BCUT2D eigenvalue weighted by molar-refractivity contribution is -0.121. The third kappa shape index (κ3) is 6.27. The molecule has 0 spiro atoms. The van der Waals surface area contributed by atoms with Crippen molar-refractivity contribution < 1.29 is 17.9 Å². The van der Waals surface area contributed by atoms with Crippen molar-refractivity contribution >= 4 is 21.6 Å². The Hall–Kier alpha value is -2.54. The number of rotatable bonds is 9. The summed E-state index contributed by atoms with van der Waals surface area (Å²) in [6, 6.07) is 13.2. The van der Waals surface area contributed by atoms with Crippen LogP contribution in [0.5, 0.6) is 5.75 Å². The fraction of sp³-hybridized carbons (Fsp3) is 0.381. The van der Waals surface area contributed by atoms with E-state index in [0.717, 1.165) is 22.4 Å². The molecule has 28 heavy (non-hydrogen) atoms. The molecule has 6 nitrogen and oxygen atoms in total. The first-order valence-corrected chi connectivity index (χ1v) is 11.0. The van der Waals surface area contributed by atoms with Gasteiger partial charge in [-0.15, -0.1) is 0 Å². The monoisotopic (exact) mass is 404 g/mol. The van der Waals surface area contributed by atoms with Crippen molar-refractivity contribution in [2.45, 2.75) is 33.2 Å². The van der Waals surface area contributed by atoms with Crippen LogP contribution in [0.4, 0.5) is 5.69 Å². The highest BCUT2D eigenvalue weighted by Crippen LogP contribution is 2.24. The number of hydrogen-bond donors (Lipinski definition) is 1. The van der Waals surface area contributed by atoms with Gasteiger partial charge in [-0.3, -0.25) is 9.10 Å². The molecule has 1 N–H and O–H groups in total. The number of aryl methyl sites for hydroxylation is 2. The van der Waals surface area contributed by atoms with E-state index in [0.29, 0.717) is 18.7 Å². The average Bonchev–Trinajstić information content (AvgIpc) is 2.65. The second-order valence-corrected chi connectivity index (χ2v) is 8.76. The van der Waals surface area contributed by atoms with E-state index in [2.05, 4.69) is 5.32 Å². The maximum absolute atomic E-state index is 12.2. The SMILES string of the molecule is COc1ccc(CNC(=O)CCCN(c2cc(C)ccc2C)S(C)(=O)=O)cc1. The van der Waals surface area contributed by atoms with Crippen molar-refractivity contribution in [3.63, 3.8) is 0 Å². The van der Waals surface area contributed by atoms with Crippen LogP contribution in [0.2, 0.25) is 0 Å². The summed E-state index contributed by atoms with van der Waals surface area (Å²) < 4.78 is 31.0. The van der Waals surface area contributed by atoms with Gasteiger partial charge in [0.15, 0.2) is 0 Å². The molecule has 0 atom stereocenters. The van der Waals surface area contributed by atoms with Gasteiger partial charge in [-0.25, -0.2) is 8.42 Å². The van der Waals surface area contributed by atoms with Crippen LogP contribution in [0.25, 0.3) is 0 Å². The molecule has 2 aromatic rings. The molecule has 0 saturated carbocycles. The quantitative estimate of drug-likeness (QED) is 0.696. The molecule has 0 aliphatic carbocycles. The molecule has 0 bridgehead atoms. The number of carbonyl (C=O) groups excluding carboxylic acids is 1.